The molecule has 3 heterocycles. The summed E-state index contributed by atoms with van der Waals surface area (Å²) in [5, 5.41) is 8.51. The van der Waals surface area contributed by atoms with Gasteiger partial charge in [0, 0.05) is 57.8 Å². The summed E-state index contributed by atoms with van der Waals surface area (Å²) in [6.07, 6.45) is 6.23. The van der Waals surface area contributed by atoms with E-state index in [1.165, 1.54) is 4.90 Å². The second-order valence-electron chi connectivity index (χ2n) is 7.44. The Bertz CT molecular complexity index is 1020. The minimum atomic E-state index is -0.627. The van der Waals surface area contributed by atoms with Gasteiger partial charge in [-0.2, -0.15) is 10.2 Å². The van der Waals surface area contributed by atoms with Gasteiger partial charge >= 0.3 is 0 Å². The van der Waals surface area contributed by atoms with E-state index in [4.69, 9.17) is 0 Å². The molecular weight excluding hydrogens is 368 g/mol. The number of amides is 2. The van der Waals surface area contributed by atoms with E-state index in [2.05, 4.69) is 10.2 Å². The second kappa shape index (κ2) is 7.54. The molecule has 8 heteroatoms. The minimum Gasteiger partial charge on any atom is -0.347 e. The molecule has 1 aromatic carbocycles. The summed E-state index contributed by atoms with van der Waals surface area (Å²) in [6, 6.07) is 8.97. The van der Waals surface area contributed by atoms with Crippen molar-refractivity contribution in [2.24, 2.45) is 7.05 Å². The standard InChI is InChI=1S/C21H24N6O2/c1-24(2)21(29)20-17-14-23-25(3)18(17)9-12-26(20)19(28)13-15-5-7-16(8-6-15)27-11-4-10-22-27/h4-8,10-11,14,20H,9,12-13H2,1-3H3. The lowest BCUT2D eigenvalue weighted by atomic mass is 9.96. The molecule has 2 aromatic heterocycles. The highest BCUT2D eigenvalue weighted by molar-refractivity contribution is 5.90. The highest BCUT2D eigenvalue weighted by atomic mass is 16.2. The Morgan fingerprint density at radius 3 is 2.59 bits per heavy atom. The molecule has 0 radical (unpaired) electrons. The molecule has 29 heavy (non-hydrogen) atoms. The number of carbonyl (C=O) groups excluding carboxylic acids is 2. The van der Waals surface area contributed by atoms with Crippen LogP contribution < -0.4 is 0 Å². The zero-order valence-electron chi connectivity index (χ0n) is 16.8. The van der Waals surface area contributed by atoms with Gasteiger partial charge in [-0.3, -0.25) is 14.3 Å². The lowest BCUT2D eigenvalue weighted by Gasteiger charge is -2.36. The number of carbonyl (C=O) groups is 2. The van der Waals surface area contributed by atoms with Crippen LogP contribution in [-0.2, 0) is 29.5 Å². The average Bonchev–Trinajstić information content (AvgIpc) is 3.37. The van der Waals surface area contributed by atoms with Crippen molar-refractivity contribution in [2.75, 3.05) is 20.6 Å². The number of benzene rings is 1. The van der Waals surface area contributed by atoms with Crippen molar-refractivity contribution in [3.63, 3.8) is 0 Å². The second-order valence-corrected chi connectivity index (χ2v) is 7.44. The van der Waals surface area contributed by atoms with Gasteiger partial charge in [-0.25, -0.2) is 4.68 Å². The summed E-state index contributed by atoms with van der Waals surface area (Å²) in [5.74, 6) is -0.173. The number of rotatable bonds is 4. The first kappa shape index (κ1) is 18.9. The van der Waals surface area contributed by atoms with Gasteiger partial charge in [0.1, 0.15) is 6.04 Å². The first-order valence-electron chi connectivity index (χ1n) is 9.56. The SMILES string of the molecule is CN(C)C(=O)C1c2cnn(C)c2CCN1C(=O)Cc1ccc(-n2cccn2)cc1. The van der Waals surface area contributed by atoms with Crippen molar-refractivity contribution in [2.45, 2.75) is 18.9 Å². The summed E-state index contributed by atoms with van der Waals surface area (Å²) < 4.78 is 3.56. The Morgan fingerprint density at radius 2 is 1.93 bits per heavy atom. The van der Waals surface area contributed by atoms with Gasteiger partial charge in [0.15, 0.2) is 0 Å². The zero-order valence-corrected chi connectivity index (χ0v) is 16.8. The average molecular weight is 392 g/mol. The molecule has 1 atom stereocenters. The van der Waals surface area contributed by atoms with E-state index in [-0.39, 0.29) is 18.2 Å². The van der Waals surface area contributed by atoms with Crippen LogP contribution in [0, 0.1) is 0 Å². The number of fused-ring (bicyclic) bond motifs is 1. The molecule has 1 aliphatic rings. The van der Waals surface area contributed by atoms with E-state index in [9.17, 15) is 9.59 Å². The van der Waals surface area contributed by atoms with Gasteiger partial charge in [-0.05, 0) is 23.8 Å². The van der Waals surface area contributed by atoms with Crippen molar-refractivity contribution in [3.8, 4) is 5.69 Å². The molecule has 2 amide bonds. The quantitative estimate of drug-likeness (QED) is 0.672. The smallest absolute Gasteiger partial charge is 0.249 e. The maximum atomic E-state index is 13.1. The first-order valence-corrected chi connectivity index (χ1v) is 9.56. The molecule has 0 saturated carbocycles. The van der Waals surface area contributed by atoms with E-state index < -0.39 is 6.04 Å². The molecule has 0 saturated heterocycles. The third-order valence-corrected chi connectivity index (χ3v) is 5.35. The van der Waals surface area contributed by atoms with E-state index in [1.54, 1.807) is 40.8 Å². The van der Waals surface area contributed by atoms with Crippen LogP contribution in [0.1, 0.15) is 22.9 Å². The van der Waals surface area contributed by atoms with Crippen LogP contribution in [0.4, 0.5) is 0 Å². The summed E-state index contributed by atoms with van der Waals surface area (Å²) in [7, 11) is 5.29. The molecule has 0 fully saturated rings. The third kappa shape index (κ3) is 3.53. The molecule has 0 aliphatic carbocycles. The van der Waals surface area contributed by atoms with E-state index >= 15 is 0 Å². The van der Waals surface area contributed by atoms with Crippen LogP contribution in [0.3, 0.4) is 0 Å². The molecule has 1 aliphatic heterocycles. The Kier molecular flexibility index (Phi) is 4.92. The molecule has 1 unspecified atom stereocenters. The highest BCUT2D eigenvalue weighted by Gasteiger charge is 2.38. The maximum absolute atomic E-state index is 13.1. The van der Waals surface area contributed by atoms with Crippen LogP contribution in [0.2, 0.25) is 0 Å². The Hall–Kier alpha value is -3.42. The Labute approximate surface area is 169 Å². The lowest BCUT2D eigenvalue weighted by Crippen LogP contribution is -2.47. The molecule has 4 rings (SSSR count). The largest absolute Gasteiger partial charge is 0.347 e. The van der Waals surface area contributed by atoms with Gasteiger partial charge in [0.2, 0.25) is 11.8 Å². The number of aromatic nitrogens is 4. The van der Waals surface area contributed by atoms with Crippen LogP contribution in [0.25, 0.3) is 5.69 Å². The fourth-order valence-corrected chi connectivity index (χ4v) is 3.78. The number of hydrogen-bond donors (Lipinski definition) is 0. The lowest BCUT2D eigenvalue weighted by molar-refractivity contribution is -0.145. The summed E-state index contributed by atoms with van der Waals surface area (Å²) in [4.78, 5) is 29.3. The molecule has 0 spiro atoms. The molecule has 0 bridgehead atoms. The fourth-order valence-electron chi connectivity index (χ4n) is 3.78. The van der Waals surface area contributed by atoms with Gasteiger partial charge in [-0.1, -0.05) is 12.1 Å². The Morgan fingerprint density at radius 1 is 1.17 bits per heavy atom. The van der Waals surface area contributed by atoms with Crippen molar-refractivity contribution >= 4 is 11.8 Å². The molecule has 8 nitrogen and oxygen atoms in total. The molecule has 150 valence electrons. The first-order chi connectivity index (χ1) is 14.0. The maximum Gasteiger partial charge on any atom is 0.249 e. The number of likely N-dealkylation sites (N-methyl/N-ethyl adjacent to an activating group) is 1. The van der Waals surface area contributed by atoms with Crippen molar-refractivity contribution < 1.29 is 9.59 Å². The van der Waals surface area contributed by atoms with Gasteiger partial charge < -0.3 is 9.80 Å². The Balaban J connectivity index is 1.56. The number of aryl methyl sites for hydroxylation is 1. The minimum absolute atomic E-state index is 0.0634. The van der Waals surface area contributed by atoms with Crippen LogP contribution in [-0.4, -0.2) is 61.8 Å². The molecular formula is C21H24N6O2. The van der Waals surface area contributed by atoms with E-state index in [1.807, 2.05) is 43.6 Å². The number of hydrogen-bond acceptors (Lipinski definition) is 4. The highest BCUT2D eigenvalue weighted by Crippen LogP contribution is 2.31. The number of nitrogens with zero attached hydrogens (tertiary/aromatic N) is 6. The van der Waals surface area contributed by atoms with Crippen molar-refractivity contribution in [1.82, 2.24) is 29.4 Å². The molecule has 3 aromatic rings. The third-order valence-electron chi connectivity index (χ3n) is 5.35. The van der Waals surface area contributed by atoms with E-state index in [0.717, 1.165) is 22.5 Å². The van der Waals surface area contributed by atoms with Gasteiger partial charge in [0.05, 0.1) is 18.3 Å². The topological polar surface area (TPSA) is 76.3 Å². The van der Waals surface area contributed by atoms with Crippen LogP contribution in [0.15, 0.2) is 48.9 Å². The fraction of sp³-hybridized carbons (Fsp3) is 0.333. The van der Waals surface area contributed by atoms with E-state index in [0.29, 0.717) is 13.0 Å². The van der Waals surface area contributed by atoms with Gasteiger partial charge in [0.25, 0.3) is 0 Å². The predicted octanol–water partition coefficient (Wildman–Crippen LogP) is 1.36. The summed E-state index contributed by atoms with van der Waals surface area (Å²) in [6.45, 7) is 0.501. The van der Waals surface area contributed by atoms with Crippen molar-refractivity contribution in [3.05, 3.63) is 65.7 Å². The van der Waals surface area contributed by atoms with Crippen molar-refractivity contribution in [1.29, 1.82) is 0 Å². The monoisotopic (exact) mass is 392 g/mol. The van der Waals surface area contributed by atoms with Crippen LogP contribution >= 0.6 is 0 Å². The zero-order chi connectivity index (χ0) is 20.5. The summed E-state index contributed by atoms with van der Waals surface area (Å²) >= 11 is 0. The normalized spacial score (nSPS) is 15.8. The van der Waals surface area contributed by atoms with Crippen LogP contribution in [0.5, 0.6) is 0 Å². The summed E-state index contributed by atoms with van der Waals surface area (Å²) in [5.41, 5.74) is 3.67. The van der Waals surface area contributed by atoms with Gasteiger partial charge in [-0.15, -0.1) is 0 Å². The predicted molar refractivity (Wildman–Crippen MR) is 107 cm³/mol. The molecule has 0 N–H and O–H groups in total.